The minimum Gasteiger partial charge on any atom is -0.486 e. The van der Waals surface area contributed by atoms with Gasteiger partial charge in [0.25, 0.3) is 0 Å². The normalized spacial score (nSPS) is 12.6. The van der Waals surface area contributed by atoms with Crippen molar-refractivity contribution < 1.29 is 28.2 Å². The highest BCUT2D eigenvalue weighted by molar-refractivity contribution is 5.99. The van der Waals surface area contributed by atoms with Crippen LogP contribution in [-0.4, -0.2) is 31.6 Å². The number of carbonyl (C=O) groups is 2. The van der Waals surface area contributed by atoms with Crippen LogP contribution in [0.1, 0.15) is 20.7 Å². The lowest BCUT2D eigenvalue weighted by Crippen LogP contribution is -2.17. The van der Waals surface area contributed by atoms with Crippen LogP contribution in [0.25, 0.3) is 0 Å². The highest BCUT2D eigenvalue weighted by Gasteiger charge is 2.16. The van der Waals surface area contributed by atoms with E-state index in [2.05, 4.69) is 0 Å². The van der Waals surface area contributed by atoms with E-state index in [1.807, 2.05) is 0 Å². The summed E-state index contributed by atoms with van der Waals surface area (Å²) in [4.78, 5) is 23.9. The fourth-order valence-electron chi connectivity index (χ4n) is 2.10. The summed E-state index contributed by atoms with van der Waals surface area (Å²) in [6.07, 6.45) is 0. The number of esters is 1. The smallest absolute Gasteiger partial charge is 0.338 e. The largest absolute Gasteiger partial charge is 0.486 e. The molecule has 0 fully saturated rings. The van der Waals surface area contributed by atoms with Crippen molar-refractivity contribution in [2.24, 2.45) is 0 Å². The van der Waals surface area contributed by atoms with Crippen LogP contribution in [0, 0.1) is 5.82 Å². The summed E-state index contributed by atoms with van der Waals surface area (Å²) in [5, 5.41) is 0. The third-order valence-electron chi connectivity index (χ3n) is 3.28. The van der Waals surface area contributed by atoms with E-state index in [9.17, 15) is 14.0 Å². The number of fused-ring (bicyclic) bond motifs is 1. The van der Waals surface area contributed by atoms with Gasteiger partial charge in [-0.2, -0.15) is 0 Å². The van der Waals surface area contributed by atoms with E-state index in [0.29, 0.717) is 30.3 Å². The number of benzene rings is 2. The van der Waals surface area contributed by atoms with Crippen LogP contribution in [0.2, 0.25) is 0 Å². The van der Waals surface area contributed by atoms with Gasteiger partial charge in [-0.25, -0.2) is 9.18 Å². The maximum Gasteiger partial charge on any atom is 0.338 e. The van der Waals surface area contributed by atoms with Crippen LogP contribution >= 0.6 is 0 Å². The van der Waals surface area contributed by atoms with Crippen LogP contribution in [0.4, 0.5) is 4.39 Å². The van der Waals surface area contributed by atoms with Gasteiger partial charge >= 0.3 is 5.97 Å². The number of ketones is 1. The van der Waals surface area contributed by atoms with Crippen molar-refractivity contribution in [1.82, 2.24) is 0 Å². The molecule has 0 aromatic heterocycles. The van der Waals surface area contributed by atoms with Gasteiger partial charge in [-0.1, -0.05) is 0 Å². The Labute approximate surface area is 131 Å². The van der Waals surface area contributed by atoms with Crippen LogP contribution in [0.5, 0.6) is 11.5 Å². The van der Waals surface area contributed by atoms with Gasteiger partial charge in [0, 0.05) is 5.56 Å². The highest BCUT2D eigenvalue weighted by atomic mass is 19.1. The predicted octanol–water partition coefficient (Wildman–Crippen LogP) is 2.64. The van der Waals surface area contributed by atoms with Crippen molar-refractivity contribution in [3.63, 3.8) is 0 Å². The first-order valence-electron chi connectivity index (χ1n) is 6.99. The molecule has 0 spiro atoms. The van der Waals surface area contributed by atoms with Gasteiger partial charge in [-0.05, 0) is 42.5 Å². The Morgan fingerprint density at radius 2 is 1.61 bits per heavy atom. The minimum atomic E-state index is -0.684. The number of ether oxygens (including phenoxy) is 3. The molecule has 0 N–H and O–H groups in total. The standard InChI is InChI=1S/C17H13FO5/c18-13-4-1-11(2-5-13)17(20)23-10-14(19)12-3-6-15-16(9-12)22-8-7-21-15/h1-6,9H,7-8,10H2. The first-order valence-corrected chi connectivity index (χ1v) is 6.99. The second kappa shape index (κ2) is 6.48. The molecule has 0 atom stereocenters. The number of hydrogen-bond donors (Lipinski definition) is 0. The second-order valence-corrected chi connectivity index (χ2v) is 4.86. The SMILES string of the molecule is O=C(COC(=O)c1ccc(F)cc1)c1ccc2c(c1)OCCO2. The third kappa shape index (κ3) is 3.48. The predicted molar refractivity (Wildman–Crippen MR) is 78.4 cm³/mol. The molecule has 1 aliphatic rings. The summed E-state index contributed by atoms with van der Waals surface area (Å²) in [6.45, 7) is 0.482. The molecule has 2 aromatic rings. The molecule has 0 unspecified atom stereocenters. The molecule has 1 heterocycles. The maximum absolute atomic E-state index is 12.8. The van der Waals surface area contributed by atoms with Gasteiger partial charge in [-0.3, -0.25) is 4.79 Å². The Hall–Kier alpha value is -2.89. The maximum atomic E-state index is 12.8. The van der Waals surface area contributed by atoms with E-state index >= 15 is 0 Å². The first-order chi connectivity index (χ1) is 11.1. The van der Waals surface area contributed by atoms with Crippen LogP contribution in [0.3, 0.4) is 0 Å². The van der Waals surface area contributed by atoms with Crippen molar-refractivity contribution in [3.8, 4) is 11.5 Å². The quantitative estimate of drug-likeness (QED) is 0.641. The molecule has 2 aromatic carbocycles. The van der Waals surface area contributed by atoms with E-state index in [4.69, 9.17) is 14.2 Å². The van der Waals surface area contributed by atoms with Crippen molar-refractivity contribution in [3.05, 3.63) is 59.4 Å². The third-order valence-corrected chi connectivity index (χ3v) is 3.28. The Balaban J connectivity index is 1.63. The molecule has 6 heteroatoms. The molecule has 3 rings (SSSR count). The van der Waals surface area contributed by atoms with Crippen molar-refractivity contribution in [2.75, 3.05) is 19.8 Å². The zero-order valence-electron chi connectivity index (χ0n) is 12.1. The molecule has 118 valence electrons. The molecule has 0 amide bonds. The fraction of sp³-hybridized carbons (Fsp3) is 0.176. The Morgan fingerprint density at radius 1 is 0.957 bits per heavy atom. The monoisotopic (exact) mass is 316 g/mol. The highest BCUT2D eigenvalue weighted by Crippen LogP contribution is 2.30. The lowest BCUT2D eigenvalue weighted by molar-refractivity contribution is 0.0474. The Morgan fingerprint density at radius 3 is 2.35 bits per heavy atom. The van der Waals surface area contributed by atoms with Gasteiger partial charge in [-0.15, -0.1) is 0 Å². The lowest BCUT2D eigenvalue weighted by atomic mass is 10.1. The van der Waals surface area contributed by atoms with Crippen LogP contribution in [-0.2, 0) is 4.74 Å². The average Bonchev–Trinajstić information content (AvgIpc) is 2.59. The first kappa shape index (κ1) is 15.0. The molecular formula is C17H13FO5. The minimum absolute atomic E-state index is 0.182. The average molecular weight is 316 g/mol. The van der Waals surface area contributed by atoms with E-state index in [-0.39, 0.29) is 11.3 Å². The van der Waals surface area contributed by atoms with Gasteiger partial charge in [0.05, 0.1) is 5.56 Å². The molecule has 0 saturated carbocycles. The van der Waals surface area contributed by atoms with E-state index < -0.39 is 18.4 Å². The molecule has 0 saturated heterocycles. The molecular weight excluding hydrogens is 303 g/mol. The molecule has 23 heavy (non-hydrogen) atoms. The van der Waals surface area contributed by atoms with Crippen LogP contribution in [0.15, 0.2) is 42.5 Å². The van der Waals surface area contributed by atoms with Gasteiger partial charge in [0.15, 0.2) is 23.9 Å². The van der Waals surface area contributed by atoms with Crippen LogP contribution < -0.4 is 9.47 Å². The number of hydrogen-bond acceptors (Lipinski definition) is 5. The zero-order valence-corrected chi connectivity index (χ0v) is 12.1. The molecule has 0 radical (unpaired) electrons. The summed E-state index contributed by atoms with van der Waals surface area (Å²) in [5.41, 5.74) is 0.544. The second-order valence-electron chi connectivity index (χ2n) is 4.86. The summed E-state index contributed by atoms with van der Waals surface area (Å²) < 4.78 is 28.5. The molecule has 1 aliphatic heterocycles. The summed E-state index contributed by atoms with van der Waals surface area (Å²) in [5.74, 6) is -0.426. The number of Topliss-reactive ketones (excluding diaryl/α,β-unsaturated/α-hetero) is 1. The summed E-state index contributed by atoms with van der Waals surface area (Å²) in [7, 11) is 0. The topological polar surface area (TPSA) is 61.8 Å². The van der Waals surface area contributed by atoms with E-state index in [1.165, 1.54) is 12.1 Å². The van der Waals surface area contributed by atoms with Gasteiger partial charge in [0.1, 0.15) is 19.0 Å². The number of halogens is 1. The number of carbonyl (C=O) groups excluding carboxylic acids is 2. The molecule has 5 nitrogen and oxygen atoms in total. The molecule has 0 aliphatic carbocycles. The fourth-order valence-corrected chi connectivity index (χ4v) is 2.10. The lowest BCUT2D eigenvalue weighted by Gasteiger charge is -2.18. The number of rotatable bonds is 4. The van der Waals surface area contributed by atoms with Crippen molar-refractivity contribution in [2.45, 2.75) is 0 Å². The van der Waals surface area contributed by atoms with E-state index in [0.717, 1.165) is 12.1 Å². The Kier molecular flexibility index (Phi) is 4.23. The molecule has 0 bridgehead atoms. The van der Waals surface area contributed by atoms with Gasteiger partial charge < -0.3 is 14.2 Å². The van der Waals surface area contributed by atoms with Crippen molar-refractivity contribution >= 4 is 11.8 Å². The van der Waals surface area contributed by atoms with Gasteiger partial charge in [0.2, 0.25) is 0 Å². The zero-order chi connectivity index (χ0) is 16.2. The van der Waals surface area contributed by atoms with E-state index in [1.54, 1.807) is 18.2 Å². The Bertz CT molecular complexity index is 739. The summed E-state index contributed by atoms with van der Waals surface area (Å²) >= 11 is 0. The summed E-state index contributed by atoms with van der Waals surface area (Å²) in [6, 6.07) is 9.69. The van der Waals surface area contributed by atoms with Crippen molar-refractivity contribution in [1.29, 1.82) is 0 Å².